The fraction of sp³-hybridized carbons (Fsp3) is 0.371. The van der Waals surface area contributed by atoms with Gasteiger partial charge in [-0.15, -0.1) is 0 Å². The Morgan fingerprint density at radius 1 is 0.830 bits per heavy atom. The highest BCUT2D eigenvalue weighted by Gasteiger charge is 2.44. The van der Waals surface area contributed by atoms with Crippen LogP contribution < -0.4 is 4.90 Å². The van der Waals surface area contributed by atoms with Crippen LogP contribution in [0, 0.1) is 6.92 Å². The van der Waals surface area contributed by atoms with Gasteiger partial charge in [-0.3, -0.25) is 9.11 Å². The highest BCUT2D eigenvalue weighted by Crippen LogP contribution is 2.48. The number of nitrogens with zero attached hydrogens (tertiary/aromatic N) is 2. The zero-order valence-electron chi connectivity index (χ0n) is 27.3. The Hall–Kier alpha value is -3.84. The summed E-state index contributed by atoms with van der Waals surface area (Å²) in [6, 6.07) is 11.1. The number of benzene rings is 2. The molecule has 252 valence electrons. The zero-order chi connectivity index (χ0) is 34.8. The van der Waals surface area contributed by atoms with Gasteiger partial charge in [0.05, 0.1) is 22.5 Å². The molecular weight excluding hydrogens is 641 g/mol. The van der Waals surface area contributed by atoms with E-state index in [0.717, 1.165) is 39.5 Å². The second-order valence-corrected chi connectivity index (χ2v) is 16.1. The van der Waals surface area contributed by atoms with E-state index in [4.69, 9.17) is 0 Å². The van der Waals surface area contributed by atoms with Crippen molar-refractivity contribution in [3.8, 4) is 0 Å². The van der Waals surface area contributed by atoms with E-state index in [-0.39, 0.29) is 35.3 Å². The van der Waals surface area contributed by atoms with E-state index >= 15 is 0 Å². The molecule has 2 aromatic rings. The summed E-state index contributed by atoms with van der Waals surface area (Å²) in [7, 11) is -8.19. The van der Waals surface area contributed by atoms with Gasteiger partial charge in [0.25, 0.3) is 20.2 Å². The van der Waals surface area contributed by atoms with Gasteiger partial charge in [-0.1, -0.05) is 61.9 Å². The highest BCUT2D eigenvalue weighted by molar-refractivity contribution is 7.86. The topological polar surface area (TPSA) is 152 Å². The van der Waals surface area contributed by atoms with Crippen LogP contribution in [0.1, 0.15) is 67.6 Å². The minimum absolute atomic E-state index is 0.166. The van der Waals surface area contributed by atoms with Crippen LogP contribution in [0.15, 0.2) is 84.6 Å². The van der Waals surface area contributed by atoms with E-state index in [9.17, 15) is 35.8 Å². The monoisotopic (exact) mass is 683 g/mol. The first-order valence-electron chi connectivity index (χ1n) is 15.4. The van der Waals surface area contributed by atoms with Crippen LogP contribution in [-0.4, -0.2) is 71.9 Å². The molecule has 0 fully saturated rings. The predicted molar refractivity (Wildman–Crippen MR) is 185 cm³/mol. The fourth-order valence-corrected chi connectivity index (χ4v) is 7.36. The lowest BCUT2D eigenvalue weighted by atomic mass is 9.81. The molecule has 0 spiro atoms. The lowest BCUT2D eigenvalue weighted by molar-refractivity contribution is -0.437. The molecule has 2 aromatic carbocycles. The number of hydrogen-bond donors (Lipinski definition) is 3. The van der Waals surface area contributed by atoms with Crippen LogP contribution in [0.3, 0.4) is 0 Å². The predicted octanol–water partition coefficient (Wildman–Crippen LogP) is 5.98. The molecule has 2 aliphatic rings. The molecule has 47 heavy (non-hydrogen) atoms. The van der Waals surface area contributed by atoms with Crippen LogP contribution in [0.4, 0.5) is 11.4 Å². The van der Waals surface area contributed by atoms with E-state index in [0.29, 0.717) is 13.1 Å². The maximum absolute atomic E-state index is 11.7. The Balaban J connectivity index is 1.57. The van der Waals surface area contributed by atoms with Crippen molar-refractivity contribution >= 4 is 43.3 Å². The highest BCUT2D eigenvalue weighted by atomic mass is 32.2. The van der Waals surface area contributed by atoms with Crippen LogP contribution in [0.25, 0.3) is 0 Å². The molecule has 2 aliphatic heterocycles. The number of anilines is 1. The summed E-state index contributed by atoms with van der Waals surface area (Å²) in [6.07, 6.45) is 13.8. The van der Waals surface area contributed by atoms with Crippen molar-refractivity contribution in [2.45, 2.75) is 58.3 Å². The second-order valence-electron chi connectivity index (χ2n) is 13.0. The maximum Gasteiger partial charge on any atom is 0.335 e. The number of carbonyl (C=O) groups is 1. The van der Waals surface area contributed by atoms with Gasteiger partial charge < -0.3 is 10.0 Å². The van der Waals surface area contributed by atoms with Crippen molar-refractivity contribution in [1.29, 1.82) is 0 Å². The Morgan fingerprint density at radius 2 is 1.47 bits per heavy atom. The van der Waals surface area contributed by atoms with Crippen LogP contribution in [0.2, 0.25) is 0 Å². The van der Waals surface area contributed by atoms with Crippen LogP contribution in [0.5, 0.6) is 0 Å². The zero-order valence-corrected chi connectivity index (χ0v) is 29.0. The Labute approximate surface area is 277 Å². The minimum Gasteiger partial charge on any atom is -0.478 e. The van der Waals surface area contributed by atoms with Crippen molar-refractivity contribution in [1.82, 2.24) is 0 Å². The van der Waals surface area contributed by atoms with Crippen molar-refractivity contribution in [2.75, 3.05) is 29.5 Å². The van der Waals surface area contributed by atoms with Gasteiger partial charge in [-0.25, -0.2) is 4.79 Å². The first-order chi connectivity index (χ1) is 21.8. The molecule has 0 aliphatic carbocycles. The molecule has 12 heteroatoms. The lowest BCUT2D eigenvalue weighted by Crippen LogP contribution is -2.28. The van der Waals surface area contributed by atoms with Gasteiger partial charge in [0, 0.05) is 47.5 Å². The summed E-state index contributed by atoms with van der Waals surface area (Å²) in [5, 5.41) is 9.55. The average Bonchev–Trinajstić information content (AvgIpc) is 3.29. The summed E-state index contributed by atoms with van der Waals surface area (Å²) < 4.78 is 65.9. The quantitative estimate of drug-likeness (QED) is 0.132. The largest absolute Gasteiger partial charge is 0.478 e. The Kier molecular flexibility index (Phi) is 10.5. The van der Waals surface area contributed by atoms with Crippen molar-refractivity contribution < 1.29 is 40.4 Å². The molecule has 0 radical (unpaired) electrons. The number of allylic oxidation sites excluding steroid dienone is 8. The lowest BCUT2D eigenvalue weighted by Gasteiger charge is -2.27. The molecule has 0 amide bonds. The molecule has 0 unspecified atom stereocenters. The van der Waals surface area contributed by atoms with Gasteiger partial charge in [-0.05, 0) is 57.0 Å². The van der Waals surface area contributed by atoms with E-state index in [1.54, 1.807) is 12.1 Å². The number of carboxylic acids is 1. The molecular formula is C35H43N2O8S2+. The summed E-state index contributed by atoms with van der Waals surface area (Å²) in [4.78, 5) is 13.8. The van der Waals surface area contributed by atoms with E-state index in [2.05, 4.69) is 24.8 Å². The van der Waals surface area contributed by atoms with Crippen LogP contribution in [-0.2, 0) is 31.1 Å². The fourth-order valence-electron chi connectivity index (χ4n) is 6.38. The third-order valence-corrected chi connectivity index (χ3v) is 10.3. The summed E-state index contributed by atoms with van der Waals surface area (Å²) in [5.74, 6) is -1.73. The Morgan fingerprint density at radius 3 is 2.13 bits per heavy atom. The number of fused-ring (bicyclic) bond motifs is 2. The van der Waals surface area contributed by atoms with E-state index < -0.39 is 31.6 Å². The number of rotatable bonds is 13. The molecule has 2 heterocycles. The third-order valence-electron chi connectivity index (χ3n) is 8.71. The van der Waals surface area contributed by atoms with Gasteiger partial charge in [0.1, 0.15) is 6.54 Å². The number of carboxylic acid groups (broad SMARTS) is 1. The number of aryl methyl sites for hydroxylation is 1. The smallest absolute Gasteiger partial charge is 0.335 e. The summed E-state index contributed by atoms with van der Waals surface area (Å²) >= 11 is 0. The third kappa shape index (κ3) is 8.36. The molecule has 3 N–H and O–H groups in total. The molecule has 4 rings (SSSR count). The first-order valence-corrected chi connectivity index (χ1v) is 18.6. The van der Waals surface area contributed by atoms with Gasteiger partial charge in [0.15, 0.2) is 5.71 Å². The van der Waals surface area contributed by atoms with Gasteiger partial charge >= 0.3 is 5.97 Å². The SMILES string of the molecule is Cc1ccc2c(c1)C(C)(C)\C(=C/C=C/C=C/C=C/C1=[N+](CCCS(=O)(=O)O)c3ccc(C(=O)O)cc3C1(C)C)N2CCCS(=O)(=O)O. The number of aromatic carboxylic acids is 1. The normalized spacial score (nSPS) is 18.3. The summed E-state index contributed by atoms with van der Waals surface area (Å²) in [5.41, 5.74) is 6.05. The van der Waals surface area contributed by atoms with Gasteiger partial charge in [0.2, 0.25) is 5.69 Å². The van der Waals surface area contributed by atoms with E-state index in [1.165, 1.54) is 6.07 Å². The molecule has 0 bridgehead atoms. The molecule has 0 saturated carbocycles. The van der Waals surface area contributed by atoms with Crippen molar-refractivity contribution in [3.05, 3.63) is 107 Å². The summed E-state index contributed by atoms with van der Waals surface area (Å²) in [6.45, 7) is 11.0. The first kappa shape index (κ1) is 36.0. The Bertz CT molecular complexity index is 1930. The van der Waals surface area contributed by atoms with Crippen molar-refractivity contribution in [3.63, 3.8) is 0 Å². The molecule has 0 aromatic heterocycles. The number of hydrogen-bond acceptors (Lipinski definition) is 6. The minimum atomic E-state index is -4.12. The van der Waals surface area contributed by atoms with Crippen LogP contribution >= 0.6 is 0 Å². The molecule has 10 nitrogen and oxygen atoms in total. The maximum atomic E-state index is 11.7. The van der Waals surface area contributed by atoms with E-state index in [1.807, 2.05) is 80.0 Å². The standard InChI is InChI=1S/C35H42N2O8S2/c1-25-15-17-29-27(23-25)34(2,3)31(36(29)19-11-21-46(40,41)42)13-9-7-6-8-10-14-32-35(4,5)28-24-26(33(38)39)16-18-30(28)37(32)20-12-22-47(43,44)45/h6-10,13-18,23-24H,11-12,19-22H2,1-5H3,(H2-,38,39,40,41,42,43,44,45)/p+1. The second kappa shape index (κ2) is 13.7. The molecule has 0 atom stereocenters. The van der Waals surface area contributed by atoms with Crippen molar-refractivity contribution in [2.24, 2.45) is 0 Å². The molecule has 0 saturated heterocycles. The van der Waals surface area contributed by atoms with Gasteiger partial charge in [-0.2, -0.15) is 21.4 Å². The average molecular weight is 684 g/mol.